The van der Waals surface area contributed by atoms with Crippen LogP contribution >= 0.6 is 11.3 Å². The number of nitrogens with one attached hydrogen (secondary N) is 2. The molecule has 1 fully saturated rings. The zero-order chi connectivity index (χ0) is 16.2. The number of aliphatic imine (C=N–C) groups is 1. The second-order valence-corrected chi connectivity index (χ2v) is 7.40. The maximum absolute atomic E-state index is 4.56. The van der Waals surface area contributed by atoms with Gasteiger partial charge in [-0.05, 0) is 38.2 Å². The molecule has 122 valence electrons. The molecule has 1 aromatic carbocycles. The van der Waals surface area contributed by atoms with E-state index in [-0.39, 0.29) is 0 Å². The summed E-state index contributed by atoms with van der Waals surface area (Å²) in [6.07, 6.45) is 2.35. The Morgan fingerprint density at radius 2 is 2.09 bits per heavy atom. The molecule has 3 rings (SSSR count). The van der Waals surface area contributed by atoms with Crippen molar-refractivity contribution >= 4 is 17.3 Å². The Kier molecular flexibility index (Phi) is 4.96. The standard InChI is InChI=1S/C18H24N4S/c1-12-13(2)23-17(21-12)11-20-18(19-3)22-16-10-15(16)9-14-7-5-4-6-8-14/h4-8,15-16H,9-11H2,1-3H3,(H2,19,20,22). The van der Waals surface area contributed by atoms with Crippen molar-refractivity contribution in [3.8, 4) is 0 Å². The summed E-state index contributed by atoms with van der Waals surface area (Å²) in [6.45, 7) is 4.90. The summed E-state index contributed by atoms with van der Waals surface area (Å²) in [5.74, 6) is 1.58. The fourth-order valence-corrected chi connectivity index (χ4v) is 3.58. The van der Waals surface area contributed by atoms with E-state index in [2.05, 4.69) is 64.8 Å². The van der Waals surface area contributed by atoms with Gasteiger partial charge in [0.15, 0.2) is 5.96 Å². The topological polar surface area (TPSA) is 49.3 Å². The fourth-order valence-electron chi connectivity index (χ4n) is 2.71. The molecule has 1 aliphatic carbocycles. The highest BCUT2D eigenvalue weighted by Crippen LogP contribution is 2.33. The predicted molar refractivity (Wildman–Crippen MR) is 97.0 cm³/mol. The van der Waals surface area contributed by atoms with Crippen LogP contribution in [0.3, 0.4) is 0 Å². The van der Waals surface area contributed by atoms with Crippen LogP contribution in [0.5, 0.6) is 0 Å². The van der Waals surface area contributed by atoms with E-state index < -0.39 is 0 Å². The van der Waals surface area contributed by atoms with Crippen molar-refractivity contribution < 1.29 is 0 Å². The Morgan fingerprint density at radius 3 is 2.74 bits per heavy atom. The van der Waals surface area contributed by atoms with Crippen molar-refractivity contribution in [3.63, 3.8) is 0 Å². The second kappa shape index (κ2) is 7.13. The molecule has 0 amide bonds. The van der Waals surface area contributed by atoms with Crippen molar-refractivity contribution in [2.24, 2.45) is 10.9 Å². The molecule has 2 aromatic rings. The number of benzene rings is 1. The number of rotatable bonds is 5. The Morgan fingerprint density at radius 1 is 1.30 bits per heavy atom. The largest absolute Gasteiger partial charge is 0.353 e. The van der Waals surface area contributed by atoms with Gasteiger partial charge in [-0.2, -0.15) is 0 Å². The van der Waals surface area contributed by atoms with E-state index in [4.69, 9.17) is 0 Å². The Hall–Kier alpha value is -1.88. The van der Waals surface area contributed by atoms with Gasteiger partial charge in [-0.15, -0.1) is 11.3 Å². The van der Waals surface area contributed by atoms with Gasteiger partial charge in [-0.3, -0.25) is 4.99 Å². The number of aryl methyl sites for hydroxylation is 2. The molecule has 1 aliphatic rings. The first-order valence-corrected chi connectivity index (χ1v) is 8.91. The second-order valence-electron chi connectivity index (χ2n) is 6.11. The first-order valence-electron chi connectivity index (χ1n) is 8.09. The summed E-state index contributed by atoms with van der Waals surface area (Å²) in [5.41, 5.74) is 2.54. The molecule has 0 radical (unpaired) electrons. The summed E-state index contributed by atoms with van der Waals surface area (Å²) in [6, 6.07) is 11.2. The van der Waals surface area contributed by atoms with Gasteiger partial charge in [0.05, 0.1) is 12.2 Å². The zero-order valence-corrected chi connectivity index (χ0v) is 14.8. The van der Waals surface area contributed by atoms with Crippen molar-refractivity contribution in [2.75, 3.05) is 7.05 Å². The molecule has 5 heteroatoms. The average molecular weight is 328 g/mol. The number of thiazole rings is 1. The van der Waals surface area contributed by atoms with Crippen LogP contribution in [0.1, 0.15) is 27.6 Å². The lowest BCUT2D eigenvalue weighted by molar-refractivity contribution is 0.720. The van der Waals surface area contributed by atoms with Gasteiger partial charge in [0.1, 0.15) is 5.01 Å². The third-order valence-electron chi connectivity index (χ3n) is 4.29. The van der Waals surface area contributed by atoms with Crippen molar-refractivity contribution in [2.45, 2.75) is 39.3 Å². The Labute approximate surface area is 142 Å². The molecule has 2 unspecified atom stereocenters. The number of hydrogen-bond acceptors (Lipinski definition) is 3. The van der Waals surface area contributed by atoms with Gasteiger partial charge in [-0.25, -0.2) is 4.98 Å². The van der Waals surface area contributed by atoms with E-state index in [0.29, 0.717) is 12.0 Å². The Bertz CT molecular complexity index is 658. The minimum absolute atomic E-state index is 0.529. The molecule has 1 aromatic heterocycles. The molecule has 2 atom stereocenters. The third kappa shape index (κ3) is 4.32. The fraction of sp³-hybridized carbons (Fsp3) is 0.444. The van der Waals surface area contributed by atoms with Crippen LogP contribution in [0.4, 0.5) is 0 Å². The van der Waals surface area contributed by atoms with Gasteiger partial charge in [0, 0.05) is 18.0 Å². The highest BCUT2D eigenvalue weighted by molar-refractivity contribution is 7.11. The van der Waals surface area contributed by atoms with Crippen LogP contribution in [-0.2, 0) is 13.0 Å². The number of aromatic nitrogens is 1. The van der Waals surface area contributed by atoms with E-state index in [9.17, 15) is 0 Å². The first kappa shape index (κ1) is 16.0. The average Bonchev–Trinajstić information content (AvgIpc) is 3.20. The molecule has 0 aliphatic heterocycles. The summed E-state index contributed by atoms with van der Waals surface area (Å²) in [4.78, 5) is 10.2. The molecular formula is C18H24N4S. The maximum atomic E-state index is 4.56. The van der Waals surface area contributed by atoms with Gasteiger partial charge in [-0.1, -0.05) is 30.3 Å². The van der Waals surface area contributed by atoms with Crippen LogP contribution < -0.4 is 10.6 Å². The zero-order valence-electron chi connectivity index (χ0n) is 14.0. The van der Waals surface area contributed by atoms with Gasteiger partial charge in [0.25, 0.3) is 0 Å². The monoisotopic (exact) mass is 328 g/mol. The lowest BCUT2D eigenvalue weighted by Crippen LogP contribution is -2.38. The molecule has 0 spiro atoms. The summed E-state index contributed by atoms with van der Waals surface area (Å²) in [5, 5.41) is 8.00. The van der Waals surface area contributed by atoms with Gasteiger partial charge >= 0.3 is 0 Å². The highest BCUT2D eigenvalue weighted by Gasteiger charge is 2.37. The van der Waals surface area contributed by atoms with E-state index >= 15 is 0 Å². The summed E-state index contributed by atoms with van der Waals surface area (Å²) >= 11 is 1.75. The van der Waals surface area contributed by atoms with E-state index in [1.807, 2.05) is 7.05 Å². The quantitative estimate of drug-likeness (QED) is 0.655. The predicted octanol–water partition coefficient (Wildman–Crippen LogP) is 3.06. The highest BCUT2D eigenvalue weighted by atomic mass is 32.1. The molecule has 0 bridgehead atoms. The smallest absolute Gasteiger partial charge is 0.191 e. The molecule has 2 N–H and O–H groups in total. The molecule has 1 saturated carbocycles. The summed E-state index contributed by atoms with van der Waals surface area (Å²) in [7, 11) is 1.82. The van der Waals surface area contributed by atoms with Gasteiger partial charge < -0.3 is 10.6 Å². The lowest BCUT2D eigenvalue weighted by Gasteiger charge is -2.10. The van der Waals surface area contributed by atoms with E-state index in [1.54, 1.807) is 11.3 Å². The van der Waals surface area contributed by atoms with Gasteiger partial charge in [0.2, 0.25) is 0 Å². The third-order valence-corrected chi connectivity index (χ3v) is 5.36. The van der Waals surface area contributed by atoms with Crippen molar-refractivity contribution in [3.05, 3.63) is 51.5 Å². The summed E-state index contributed by atoms with van der Waals surface area (Å²) < 4.78 is 0. The molecule has 4 nitrogen and oxygen atoms in total. The van der Waals surface area contributed by atoms with Crippen LogP contribution in [0.15, 0.2) is 35.3 Å². The maximum Gasteiger partial charge on any atom is 0.191 e. The SMILES string of the molecule is CN=C(NCc1nc(C)c(C)s1)NC1CC1Cc1ccccc1. The molecule has 0 saturated heterocycles. The molecule has 23 heavy (non-hydrogen) atoms. The van der Waals surface area contributed by atoms with Crippen molar-refractivity contribution in [1.29, 1.82) is 0 Å². The first-order chi connectivity index (χ1) is 11.2. The van der Waals surface area contributed by atoms with E-state index in [0.717, 1.165) is 29.6 Å². The van der Waals surface area contributed by atoms with Crippen LogP contribution in [-0.4, -0.2) is 24.0 Å². The molecule has 1 heterocycles. The van der Waals surface area contributed by atoms with E-state index in [1.165, 1.54) is 16.9 Å². The minimum Gasteiger partial charge on any atom is -0.353 e. The molecular weight excluding hydrogens is 304 g/mol. The van der Waals surface area contributed by atoms with Crippen LogP contribution in [0, 0.1) is 19.8 Å². The van der Waals surface area contributed by atoms with Crippen LogP contribution in [0.2, 0.25) is 0 Å². The number of guanidine groups is 1. The van der Waals surface area contributed by atoms with Crippen molar-refractivity contribution in [1.82, 2.24) is 15.6 Å². The minimum atomic E-state index is 0.529. The lowest BCUT2D eigenvalue weighted by atomic mass is 10.1. The number of hydrogen-bond donors (Lipinski definition) is 2. The normalized spacial score (nSPS) is 20.4. The number of nitrogens with zero attached hydrogens (tertiary/aromatic N) is 2. The van der Waals surface area contributed by atoms with Crippen LogP contribution in [0.25, 0.3) is 0 Å². The Balaban J connectivity index is 1.45.